The van der Waals surface area contributed by atoms with Crippen LogP contribution in [0.25, 0.3) is 0 Å². The Morgan fingerprint density at radius 3 is 2.24 bits per heavy atom. The van der Waals surface area contributed by atoms with Gasteiger partial charge in [0.05, 0.1) is 0 Å². The number of hydrogen-bond donors (Lipinski definition) is 1. The predicted octanol–water partition coefficient (Wildman–Crippen LogP) is 3.37. The number of nitrogens with one attached hydrogen (secondary N) is 1. The van der Waals surface area contributed by atoms with Crippen molar-refractivity contribution < 1.29 is 9.00 Å². The van der Waals surface area contributed by atoms with Crippen LogP contribution in [0.3, 0.4) is 0 Å². The summed E-state index contributed by atoms with van der Waals surface area (Å²) < 4.78 is 11.3. The fourth-order valence-corrected chi connectivity index (χ4v) is 3.50. The van der Waals surface area contributed by atoms with E-state index in [9.17, 15) is 9.00 Å². The third kappa shape index (κ3) is 4.67. The van der Waals surface area contributed by atoms with Gasteiger partial charge < -0.3 is 5.32 Å². The van der Waals surface area contributed by atoms with Crippen molar-refractivity contribution in [3.63, 3.8) is 0 Å². The lowest BCUT2D eigenvalue weighted by atomic mass is 9.81. The highest BCUT2D eigenvalue weighted by atomic mass is 32.2. The van der Waals surface area contributed by atoms with Crippen LogP contribution in [0.5, 0.6) is 0 Å². The average molecular weight is 307 g/mol. The lowest BCUT2D eigenvalue weighted by molar-refractivity contribution is 0.0941. The quantitative estimate of drug-likeness (QED) is 0.906. The van der Waals surface area contributed by atoms with Crippen LogP contribution in [0.4, 0.5) is 0 Å². The lowest BCUT2D eigenvalue weighted by Gasteiger charge is -2.27. The van der Waals surface area contributed by atoms with Crippen LogP contribution in [-0.2, 0) is 10.8 Å². The molecule has 4 heteroatoms. The Morgan fingerprint density at radius 2 is 1.71 bits per heavy atom. The van der Waals surface area contributed by atoms with Gasteiger partial charge >= 0.3 is 0 Å². The Morgan fingerprint density at radius 1 is 1.14 bits per heavy atom. The maximum atomic E-state index is 12.1. The molecule has 1 aromatic carbocycles. The van der Waals surface area contributed by atoms with E-state index >= 15 is 0 Å². The second kappa shape index (κ2) is 7.74. The molecule has 1 unspecified atom stereocenters. The van der Waals surface area contributed by atoms with Crippen molar-refractivity contribution in [1.29, 1.82) is 0 Å². The highest BCUT2D eigenvalue weighted by Crippen LogP contribution is 2.30. The van der Waals surface area contributed by atoms with Crippen LogP contribution in [0.15, 0.2) is 29.2 Å². The first-order chi connectivity index (χ1) is 10.1. The minimum Gasteiger partial charge on any atom is -0.352 e. The molecule has 1 aromatic rings. The largest absolute Gasteiger partial charge is 0.352 e. The Kier molecular flexibility index (Phi) is 5.97. The third-order valence-corrected chi connectivity index (χ3v) is 5.48. The smallest absolute Gasteiger partial charge is 0.251 e. The van der Waals surface area contributed by atoms with Gasteiger partial charge in [0.1, 0.15) is 0 Å². The van der Waals surface area contributed by atoms with Gasteiger partial charge in [0.15, 0.2) is 0 Å². The fourth-order valence-electron chi connectivity index (χ4n) is 2.98. The summed E-state index contributed by atoms with van der Waals surface area (Å²) in [6, 6.07) is 7.02. The number of rotatable bonds is 5. The molecular weight excluding hydrogens is 282 g/mol. The highest BCUT2D eigenvalue weighted by molar-refractivity contribution is 7.84. The lowest BCUT2D eigenvalue weighted by Crippen LogP contribution is -2.31. The molecule has 2 rings (SSSR count). The number of benzene rings is 1. The van der Waals surface area contributed by atoms with Crippen LogP contribution in [0, 0.1) is 11.8 Å². The molecule has 0 bridgehead atoms. The maximum absolute atomic E-state index is 12.1. The van der Waals surface area contributed by atoms with Gasteiger partial charge in [-0.1, -0.05) is 26.2 Å². The molecule has 116 valence electrons. The predicted molar refractivity (Wildman–Crippen MR) is 86.8 cm³/mol. The molecule has 1 N–H and O–H groups in total. The number of carbonyl (C=O) groups excluding carboxylic acids is 1. The summed E-state index contributed by atoms with van der Waals surface area (Å²) in [6.07, 6.45) is 7.98. The number of hydrogen-bond acceptors (Lipinski definition) is 2. The van der Waals surface area contributed by atoms with E-state index in [2.05, 4.69) is 12.2 Å². The molecule has 0 aliphatic heterocycles. The SMILES string of the molecule is CCC1CCC(CNC(=O)c2ccc(S(C)=O)cc2)CC1. The normalized spacial score (nSPS) is 23.5. The molecule has 1 atom stereocenters. The van der Waals surface area contributed by atoms with Gasteiger partial charge in [0.2, 0.25) is 0 Å². The molecule has 0 heterocycles. The summed E-state index contributed by atoms with van der Waals surface area (Å²) >= 11 is 0. The summed E-state index contributed by atoms with van der Waals surface area (Å²) in [5.41, 5.74) is 0.645. The highest BCUT2D eigenvalue weighted by Gasteiger charge is 2.20. The second-order valence-electron chi connectivity index (χ2n) is 5.98. The molecule has 0 saturated heterocycles. The zero-order valence-electron chi connectivity index (χ0n) is 12.9. The number of carbonyl (C=O) groups is 1. The van der Waals surface area contributed by atoms with Crippen molar-refractivity contribution in [2.45, 2.75) is 43.9 Å². The minimum absolute atomic E-state index is 0.0268. The first kappa shape index (κ1) is 16.2. The fraction of sp³-hybridized carbons (Fsp3) is 0.588. The van der Waals surface area contributed by atoms with Crippen molar-refractivity contribution in [3.05, 3.63) is 29.8 Å². The van der Waals surface area contributed by atoms with Crippen LogP contribution in [0.1, 0.15) is 49.4 Å². The van der Waals surface area contributed by atoms with Gasteiger partial charge in [-0.3, -0.25) is 9.00 Å². The van der Waals surface area contributed by atoms with Gasteiger partial charge in [0.25, 0.3) is 5.91 Å². The van der Waals surface area contributed by atoms with E-state index in [1.807, 2.05) is 0 Å². The monoisotopic (exact) mass is 307 g/mol. The Bertz CT molecular complexity index is 490. The Balaban J connectivity index is 1.80. The van der Waals surface area contributed by atoms with Gasteiger partial charge in [-0.15, -0.1) is 0 Å². The molecule has 1 aliphatic rings. The summed E-state index contributed by atoms with van der Waals surface area (Å²) in [5.74, 6) is 1.49. The van der Waals surface area contributed by atoms with Crippen molar-refractivity contribution in [3.8, 4) is 0 Å². The summed E-state index contributed by atoms with van der Waals surface area (Å²) in [7, 11) is -0.994. The van der Waals surface area contributed by atoms with Crippen LogP contribution in [0.2, 0.25) is 0 Å². The van der Waals surface area contributed by atoms with Gasteiger partial charge in [-0.25, -0.2) is 0 Å². The molecule has 1 fully saturated rings. The molecule has 3 nitrogen and oxygen atoms in total. The van der Waals surface area contributed by atoms with Crippen LogP contribution in [-0.4, -0.2) is 22.9 Å². The van der Waals surface area contributed by atoms with Gasteiger partial charge in [-0.2, -0.15) is 0 Å². The Labute approximate surface area is 130 Å². The maximum Gasteiger partial charge on any atom is 0.251 e. The van der Waals surface area contributed by atoms with Crippen molar-refractivity contribution in [1.82, 2.24) is 5.32 Å². The summed E-state index contributed by atoms with van der Waals surface area (Å²) in [5, 5.41) is 3.04. The molecule has 21 heavy (non-hydrogen) atoms. The van der Waals surface area contributed by atoms with Gasteiger partial charge in [-0.05, 0) is 48.9 Å². The molecule has 1 amide bonds. The molecule has 0 aromatic heterocycles. The molecule has 0 spiro atoms. The second-order valence-corrected chi connectivity index (χ2v) is 7.36. The average Bonchev–Trinajstić information content (AvgIpc) is 2.53. The van der Waals surface area contributed by atoms with E-state index in [0.29, 0.717) is 11.5 Å². The summed E-state index contributed by atoms with van der Waals surface area (Å²) in [4.78, 5) is 12.9. The van der Waals surface area contributed by atoms with E-state index in [1.165, 1.54) is 32.1 Å². The van der Waals surface area contributed by atoms with Crippen molar-refractivity contribution >= 4 is 16.7 Å². The number of amides is 1. The van der Waals surface area contributed by atoms with Crippen LogP contribution >= 0.6 is 0 Å². The molecule has 1 aliphatic carbocycles. The topological polar surface area (TPSA) is 46.2 Å². The van der Waals surface area contributed by atoms with E-state index < -0.39 is 10.8 Å². The standard InChI is InChI=1S/C17H25NO2S/c1-3-13-4-6-14(7-5-13)12-18-17(19)15-8-10-16(11-9-15)21(2)20/h8-11,13-14H,3-7,12H2,1-2H3,(H,18,19). The first-order valence-corrected chi connectivity index (χ1v) is 9.37. The molecule has 1 saturated carbocycles. The van der Waals surface area contributed by atoms with Crippen molar-refractivity contribution in [2.24, 2.45) is 11.8 Å². The van der Waals surface area contributed by atoms with Gasteiger partial charge in [0, 0.05) is 34.1 Å². The third-order valence-electron chi connectivity index (χ3n) is 4.54. The zero-order chi connectivity index (χ0) is 15.2. The minimum atomic E-state index is -0.994. The Hall–Kier alpha value is -1.16. The zero-order valence-corrected chi connectivity index (χ0v) is 13.7. The van der Waals surface area contributed by atoms with E-state index in [4.69, 9.17) is 0 Å². The van der Waals surface area contributed by atoms with Crippen LogP contribution < -0.4 is 5.32 Å². The van der Waals surface area contributed by atoms with E-state index in [1.54, 1.807) is 30.5 Å². The molecule has 0 radical (unpaired) electrons. The van der Waals surface area contributed by atoms with E-state index in [-0.39, 0.29) is 5.91 Å². The molecular formula is C17H25NO2S. The van der Waals surface area contributed by atoms with E-state index in [0.717, 1.165) is 17.4 Å². The first-order valence-electron chi connectivity index (χ1n) is 7.81. The van der Waals surface area contributed by atoms with Crippen molar-refractivity contribution in [2.75, 3.05) is 12.8 Å². The summed E-state index contributed by atoms with van der Waals surface area (Å²) in [6.45, 7) is 3.04.